The largest absolute Gasteiger partial charge is 0.370 e. The fraction of sp³-hybridized carbons (Fsp3) is 0.692. The maximum atomic E-state index is 4.62. The fourth-order valence-electron chi connectivity index (χ4n) is 1.58. The van der Waals surface area contributed by atoms with Gasteiger partial charge in [-0.1, -0.05) is 13.8 Å². The van der Waals surface area contributed by atoms with E-state index in [4.69, 9.17) is 0 Å². The van der Waals surface area contributed by atoms with Gasteiger partial charge in [0.15, 0.2) is 0 Å². The molecule has 2 N–H and O–H groups in total. The Balaban J connectivity index is 2.98. The molecule has 1 heterocycles. The predicted molar refractivity (Wildman–Crippen MR) is 81.9 cm³/mol. The molecular formula is C13H24N4S. The highest BCUT2D eigenvalue weighted by Crippen LogP contribution is 2.22. The van der Waals surface area contributed by atoms with Gasteiger partial charge in [0, 0.05) is 30.3 Å². The SMILES string of the molecule is CCNc1nc(C(C)C)nc(NCCSC)c1C. The lowest BCUT2D eigenvalue weighted by Crippen LogP contribution is -2.13. The Hall–Kier alpha value is -0.970. The van der Waals surface area contributed by atoms with Gasteiger partial charge in [-0.3, -0.25) is 0 Å². The van der Waals surface area contributed by atoms with Gasteiger partial charge in [-0.05, 0) is 20.1 Å². The second-order valence-electron chi connectivity index (χ2n) is 4.51. The van der Waals surface area contributed by atoms with Crippen molar-refractivity contribution in [3.05, 3.63) is 11.4 Å². The Morgan fingerprint density at radius 3 is 2.28 bits per heavy atom. The van der Waals surface area contributed by atoms with E-state index in [9.17, 15) is 0 Å². The molecule has 0 aliphatic carbocycles. The summed E-state index contributed by atoms with van der Waals surface area (Å²) >= 11 is 1.83. The zero-order chi connectivity index (χ0) is 13.5. The topological polar surface area (TPSA) is 49.8 Å². The molecule has 0 atom stereocenters. The van der Waals surface area contributed by atoms with Gasteiger partial charge in [0.25, 0.3) is 0 Å². The number of anilines is 2. The maximum absolute atomic E-state index is 4.62. The zero-order valence-electron chi connectivity index (χ0n) is 12.0. The van der Waals surface area contributed by atoms with E-state index in [0.29, 0.717) is 5.92 Å². The van der Waals surface area contributed by atoms with Gasteiger partial charge in [0.05, 0.1) is 0 Å². The Kier molecular flexibility index (Phi) is 6.25. The summed E-state index contributed by atoms with van der Waals surface area (Å²) in [4.78, 5) is 9.20. The Morgan fingerprint density at radius 2 is 1.78 bits per heavy atom. The Labute approximate surface area is 114 Å². The molecule has 0 bridgehead atoms. The molecule has 1 rings (SSSR count). The van der Waals surface area contributed by atoms with Gasteiger partial charge in [0.1, 0.15) is 17.5 Å². The summed E-state index contributed by atoms with van der Waals surface area (Å²) in [6.07, 6.45) is 2.11. The first-order valence-corrected chi connectivity index (χ1v) is 7.84. The molecular weight excluding hydrogens is 244 g/mol. The van der Waals surface area contributed by atoms with Crippen LogP contribution in [0.1, 0.15) is 38.1 Å². The van der Waals surface area contributed by atoms with E-state index in [1.165, 1.54) is 0 Å². The van der Waals surface area contributed by atoms with Crippen LogP contribution in [-0.4, -0.2) is 35.1 Å². The van der Waals surface area contributed by atoms with Gasteiger partial charge >= 0.3 is 0 Å². The third-order valence-corrected chi connectivity index (χ3v) is 3.23. The summed E-state index contributed by atoms with van der Waals surface area (Å²) in [6, 6.07) is 0. The summed E-state index contributed by atoms with van der Waals surface area (Å²) in [5.74, 6) is 4.21. The van der Waals surface area contributed by atoms with Crippen LogP contribution in [0.4, 0.5) is 11.6 Å². The molecule has 0 fully saturated rings. The minimum atomic E-state index is 0.337. The van der Waals surface area contributed by atoms with Crippen molar-refractivity contribution in [3.8, 4) is 0 Å². The van der Waals surface area contributed by atoms with Crippen LogP contribution >= 0.6 is 11.8 Å². The van der Waals surface area contributed by atoms with Crippen molar-refractivity contribution in [1.82, 2.24) is 9.97 Å². The second kappa shape index (κ2) is 7.46. The van der Waals surface area contributed by atoms with Crippen LogP contribution in [0, 0.1) is 6.92 Å². The quantitative estimate of drug-likeness (QED) is 0.744. The molecule has 0 radical (unpaired) electrons. The average molecular weight is 268 g/mol. The standard InChI is InChI=1S/C13H24N4S/c1-6-14-12-10(4)13(15-7-8-18-5)17-11(16-12)9(2)3/h9H,6-8H2,1-5H3,(H2,14,15,16,17). The number of aromatic nitrogens is 2. The molecule has 1 aromatic heterocycles. The predicted octanol–water partition coefficient (Wildman–Crippen LogP) is 3.12. The molecule has 18 heavy (non-hydrogen) atoms. The number of nitrogens with zero attached hydrogens (tertiary/aromatic N) is 2. The molecule has 0 amide bonds. The van der Waals surface area contributed by atoms with Gasteiger partial charge in [-0.25, -0.2) is 9.97 Å². The summed E-state index contributed by atoms with van der Waals surface area (Å²) in [6.45, 7) is 10.2. The summed E-state index contributed by atoms with van der Waals surface area (Å²) < 4.78 is 0. The van der Waals surface area contributed by atoms with E-state index >= 15 is 0 Å². The van der Waals surface area contributed by atoms with Gasteiger partial charge in [-0.2, -0.15) is 11.8 Å². The van der Waals surface area contributed by atoms with Gasteiger partial charge in [-0.15, -0.1) is 0 Å². The third kappa shape index (κ3) is 4.05. The monoisotopic (exact) mass is 268 g/mol. The smallest absolute Gasteiger partial charge is 0.135 e. The van der Waals surface area contributed by atoms with E-state index < -0.39 is 0 Å². The highest BCUT2D eigenvalue weighted by atomic mass is 32.2. The van der Waals surface area contributed by atoms with Crippen molar-refractivity contribution in [3.63, 3.8) is 0 Å². The van der Waals surface area contributed by atoms with Crippen molar-refractivity contribution in [2.45, 2.75) is 33.6 Å². The van der Waals surface area contributed by atoms with Crippen molar-refractivity contribution < 1.29 is 0 Å². The van der Waals surface area contributed by atoms with Crippen LogP contribution < -0.4 is 10.6 Å². The number of rotatable bonds is 7. The molecule has 0 saturated heterocycles. The van der Waals surface area contributed by atoms with Gasteiger partial charge in [0.2, 0.25) is 0 Å². The molecule has 4 nitrogen and oxygen atoms in total. The highest BCUT2D eigenvalue weighted by Gasteiger charge is 2.12. The van der Waals surface area contributed by atoms with Crippen LogP contribution in [0.5, 0.6) is 0 Å². The molecule has 0 aliphatic rings. The van der Waals surface area contributed by atoms with E-state index in [1.807, 2.05) is 11.8 Å². The first-order valence-electron chi connectivity index (χ1n) is 6.45. The number of hydrogen-bond acceptors (Lipinski definition) is 5. The summed E-state index contributed by atoms with van der Waals surface area (Å²) in [7, 11) is 0. The average Bonchev–Trinajstić information content (AvgIpc) is 2.33. The molecule has 0 aromatic carbocycles. The zero-order valence-corrected chi connectivity index (χ0v) is 12.8. The first-order chi connectivity index (χ1) is 8.60. The van der Waals surface area contributed by atoms with E-state index in [1.54, 1.807) is 0 Å². The molecule has 1 aromatic rings. The first kappa shape index (κ1) is 15.1. The lowest BCUT2D eigenvalue weighted by molar-refractivity contribution is 0.773. The van der Waals surface area contributed by atoms with Crippen molar-refractivity contribution in [2.24, 2.45) is 0 Å². The van der Waals surface area contributed by atoms with E-state index in [2.05, 4.69) is 54.6 Å². The highest BCUT2D eigenvalue weighted by molar-refractivity contribution is 7.98. The van der Waals surface area contributed by atoms with Crippen LogP contribution in [0.15, 0.2) is 0 Å². The summed E-state index contributed by atoms with van der Waals surface area (Å²) in [5, 5.41) is 6.70. The van der Waals surface area contributed by atoms with Crippen LogP contribution in [0.2, 0.25) is 0 Å². The lowest BCUT2D eigenvalue weighted by Gasteiger charge is -2.15. The third-order valence-electron chi connectivity index (χ3n) is 2.62. The van der Waals surface area contributed by atoms with Crippen molar-refractivity contribution >= 4 is 23.4 Å². The molecule has 0 spiro atoms. The van der Waals surface area contributed by atoms with Gasteiger partial charge < -0.3 is 10.6 Å². The normalized spacial score (nSPS) is 10.8. The Bertz CT molecular complexity index is 379. The number of nitrogens with one attached hydrogen (secondary N) is 2. The minimum Gasteiger partial charge on any atom is -0.370 e. The minimum absolute atomic E-state index is 0.337. The van der Waals surface area contributed by atoms with Crippen LogP contribution in [0.25, 0.3) is 0 Å². The molecule has 0 aliphatic heterocycles. The lowest BCUT2D eigenvalue weighted by atomic mass is 10.2. The second-order valence-corrected chi connectivity index (χ2v) is 5.49. The van der Waals surface area contributed by atoms with Crippen LogP contribution in [0.3, 0.4) is 0 Å². The molecule has 5 heteroatoms. The molecule has 102 valence electrons. The van der Waals surface area contributed by atoms with E-state index in [0.717, 1.165) is 41.9 Å². The maximum Gasteiger partial charge on any atom is 0.135 e. The van der Waals surface area contributed by atoms with Crippen molar-refractivity contribution in [1.29, 1.82) is 0 Å². The summed E-state index contributed by atoms with van der Waals surface area (Å²) in [5.41, 5.74) is 1.10. The molecule has 0 unspecified atom stereocenters. The number of thioether (sulfide) groups is 1. The van der Waals surface area contributed by atoms with Crippen LogP contribution in [-0.2, 0) is 0 Å². The fourth-order valence-corrected chi connectivity index (χ4v) is 1.88. The Morgan fingerprint density at radius 1 is 1.17 bits per heavy atom. The number of hydrogen-bond donors (Lipinski definition) is 2. The van der Waals surface area contributed by atoms with E-state index in [-0.39, 0.29) is 0 Å². The van der Waals surface area contributed by atoms with Crippen molar-refractivity contribution in [2.75, 3.05) is 35.7 Å². The molecule has 0 saturated carbocycles.